The summed E-state index contributed by atoms with van der Waals surface area (Å²) in [5, 5.41) is 13.3. The Morgan fingerprint density at radius 2 is 2.12 bits per heavy atom. The molecule has 0 unspecified atom stereocenters. The van der Waals surface area contributed by atoms with Gasteiger partial charge >= 0.3 is 0 Å². The number of para-hydroxylation sites is 1. The van der Waals surface area contributed by atoms with E-state index in [1.54, 1.807) is 0 Å². The third kappa shape index (κ3) is 2.74. The molecule has 2 rings (SSSR count). The minimum absolute atomic E-state index is 0.419. The average molecular weight is 221 g/mol. The van der Waals surface area contributed by atoms with E-state index in [0.29, 0.717) is 11.8 Å². The number of aromatic hydroxyl groups is 1. The summed E-state index contributed by atoms with van der Waals surface area (Å²) in [5.74, 6) is 0.419. The van der Waals surface area contributed by atoms with Gasteiger partial charge in [-0.15, -0.1) is 0 Å². The van der Waals surface area contributed by atoms with Gasteiger partial charge in [0.2, 0.25) is 0 Å². The number of phenols is 1. The number of benzene rings is 1. The van der Waals surface area contributed by atoms with Crippen molar-refractivity contribution in [1.29, 1.82) is 0 Å². The van der Waals surface area contributed by atoms with E-state index in [0.717, 1.165) is 43.7 Å². The quantitative estimate of drug-likeness (QED) is 0.820. The molecule has 16 heavy (non-hydrogen) atoms. The van der Waals surface area contributed by atoms with Crippen molar-refractivity contribution in [3.63, 3.8) is 0 Å². The topological polar surface area (TPSA) is 41.5 Å². The molecule has 1 saturated heterocycles. The predicted molar refractivity (Wildman–Crippen MR) is 63.5 cm³/mol. The number of hydrogen-bond donors (Lipinski definition) is 2. The van der Waals surface area contributed by atoms with Crippen molar-refractivity contribution < 1.29 is 9.84 Å². The second kappa shape index (κ2) is 5.32. The molecule has 1 aliphatic heterocycles. The molecule has 1 heterocycles. The Balaban J connectivity index is 1.91. The first-order chi connectivity index (χ1) is 7.77. The minimum Gasteiger partial charge on any atom is -0.507 e. The molecule has 0 radical (unpaired) electrons. The van der Waals surface area contributed by atoms with Gasteiger partial charge in [0.05, 0.1) is 0 Å². The second-order valence-electron chi connectivity index (χ2n) is 4.35. The van der Waals surface area contributed by atoms with Crippen LogP contribution in [0.25, 0.3) is 0 Å². The number of phenolic OH excluding ortho intramolecular Hbond substituents is 1. The molecule has 0 atom stereocenters. The molecule has 0 saturated carbocycles. The van der Waals surface area contributed by atoms with Crippen LogP contribution in [-0.4, -0.2) is 24.4 Å². The van der Waals surface area contributed by atoms with Gasteiger partial charge in [-0.1, -0.05) is 18.2 Å². The van der Waals surface area contributed by atoms with E-state index < -0.39 is 0 Å². The van der Waals surface area contributed by atoms with E-state index in [2.05, 4.69) is 5.32 Å². The van der Waals surface area contributed by atoms with Gasteiger partial charge in [-0.2, -0.15) is 0 Å². The molecule has 0 bridgehead atoms. The Labute approximate surface area is 96.4 Å². The molecule has 3 nitrogen and oxygen atoms in total. The highest BCUT2D eigenvalue weighted by molar-refractivity contribution is 5.39. The fourth-order valence-corrected chi connectivity index (χ4v) is 2.02. The van der Waals surface area contributed by atoms with Crippen molar-refractivity contribution in [2.24, 2.45) is 0 Å². The van der Waals surface area contributed by atoms with Gasteiger partial charge in [-0.05, 0) is 25.3 Å². The minimum atomic E-state index is 0.419. The van der Waals surface area contributed by atoms with Crippen molar-refractivity contribution in [2.45, 2.75) is 32.4 Å². The van der Waals surface area contributed by atoms with Gasteiger partial charge in [0.25, 0.3) is 0 Å². The van der Waals surface area contributed by atoms with Crippen LogP contribution >= 0.6 is 0 Å². The Morgan fingerprint density at radius 3 is 2.88 bits per heavy atom. The smallest absolute Gasteiger partial charge is 0.122 e. The lowest BCUT2D eigenvalue weighted by molar-refractivity contribution is 0.0775. The van der Waals surface area contributed by atoms with Crippen LogP contribution in [0.1, 0.15) is 24.0 Å². The van der Waals surface area contributed by atoms with Crippen LogP contribution in [0.5, 0.6) is 5.75 Å². The highest BCUT2D eigenvalue weighted by Gasteiger charge is 2.13. The second-order valence-corrected chi connectivity index (χ2v) is 4.35. The Morgan fingerprint density at radius 1 is 1.38 bits per heavy atom. The summed E-state index contributed by atoms with van der Waals surface area (Å²) in [6.07, 6.45) is 2.12. The zero-order chi connectivity index (χ0) is 11.4. The lowest BCUT2D eigenvalue weighted by atomic mass is 10.1. The molecule has 1 aromatic rings. The maximum Gasteiger partial charge on any atom is 0.122 e. The zero-order valence-corrected chi connectivity index (χ0v) is 9.70. The van der Waals surface area contributed by atoms with Gasteiger partial charge in [0, 0.05) is 31.4 Å². The fraction of sp³-hybridized carbons (Fsp3) is 0.538. The molecule has 1 aromatic carbocycles. The van der Waals surface area contributed by atoms with Crippen LogP contribution < -0.4 is 5.32 Å². The molecular weight excluding hydrogens is 202 g/mol. The normalized spacial score (nSPS) is 17.6. The van der Waals surface area contributed by atoms with Crippen molar-refractivity contribution in [1.82, 2.24) is 5.32 Å². The van der Waals surface area contributed by atoms with Crippen LogP contribution in [-0.2, 0) is 11.3 Å². The van der Waals surface area contributed by atoms with Crippen LogP contribution in [0, 0.1) is 6.92 Å². The lowest BCUT2D eigenvalue weighted by Gasteiger charge is -2.23. The molecule has 2 N–H and O–H groups in total. The first-order valence-corrected chi connectivity index (χ1v) is 5.86. The lowest BCUT2D eigenvalue weighted by Crippen LogP contribution is -2.34. The standard InChI is InChI=1S/C13H19NO2/c1-10-3-2-4-11(13(10)15)9-14-12-5-7-16-8-6-12/h2-4,12,14-15H,5-9H2,1H3. The van der Waals surface area contributed by atoms with E-state index in [9.17, 15) is 5.11 Å². The maximum absolute atomic E-state index is 9.86. The van der Waals surface area contributed by atoms with Crippen LogP contribution in [0.15, 0.2) is 18.2 Å². The summed E-state index contributed by atoms with van der Waals surface area (Å²) in [4.78, 5) is 0. The summed E-state index contributed by atoms with van der Waals surface area (Å²) >= 11 is 0. The number of ether oxygens (including phenoxy) is 1. The summed E-state index contributed by atoms with van der Waals surface area (Å²) in [7, 11) is 0. The van der Waals surface area contributed by atoms with E-state index >= 15 is 0 Å². The van der Waals surface area contributed by atoms with Crippen LogP contribution in [0.4, 0.5) is 0 Å². The summed E-state index contributed by atoms with van der Waals surface area (Å²) in [6.45, 7) is 4.35. The molecule has 1 fully saturated rings. The first kappa shape index (κ1) is 11.4. The molecular formula is C13H19NO2. The van der Waals surface area contributed by atoms with Gasteiger partial charge < -0.3 is 15.2 Å². The highest BCUT2D eigenvalue weighted by atomic mass is 16.5. The van der Waals surface area contributed by atoms with Gasteiger partial charge in [0.15, 0.2) is 0 Å². The van der Waals surface area contributed by atoms with Gasteiger partial charge in [-0.3, -0.25) is 0 Å². The highest BCUT2D eigenvalue weighted by Crippen LogP contribution is 2.21. The molecule has 3 heteroatoms. The largest absolute Gasteiger partial charge is 0.507 e. The van der Waals surface area contributed by atoms with Gasteiger partial charge in [-0.25, -0.2) is 0 Å². The number of hydrogen-bond acceptors (Lipinski definition) is 3. The third-order valence-electron chi connectivity index (χ3n) is 3.12. The molecule has 0 aliphatic carbocycles. The predicted octanol–water partition coefficient (Wildman–Crippen LogP) is 1.97. The molecule has 0 aromatic heterocycles. The van der Waals surface area contributed by atoms with E-state index in [1.165, 1.54) is 0 Å². The van der Waals surface area contributed by atoms with Crippen molar-refractivity contribution in [3.05, 3.63) is 29.3 Å². The Kier molecular flexibility index (Phi) is 3.80. The zero-order valence-electron chi connectivity index (χ0n) is 9.70. The monoisotopic (exact) mass is 221 g/mol. The molecule has 0 amide bonds. The third-order valence-corrected chi connectivity index (χ3v) is 3.12. The molecule has 88 valence electrons. The van der Waals surface area contributed by atoms with Crippen molar-refractivity contribution in [3.8, 4) is 5.75 Å². The Hall–Kier alpha value is -1.06. The number of rotatable bonds is 3. The molecule has 0 spiro atoms. The Bertz CT molecular complexity index is 346. The molecule has 1 aliphatic rings. The number of nitrogens with one attached hydrogen (secondary N) is 1. The van der Waals surface area contributed by atoms with E-state index in [4.69, 9.17) is 4.74 Å². The average Bonchev–Trinajstić information content (AvgIpc) is 2.32. The summed E-state index contributed by atoms with van der Waals surface area (Å²) in [5.41, 5.74) is 1.91. The van der Waals surface area contributed by atoms with E-state index in [-0.39, 0.29) is 0 Å². The van der Waals surface area contributed by atoms with E-state index in [1.807, 2.05) is 25.1 Å². The maximum atomic E-state index is 9.86. The fourth-order valence-electron chi connectivity index (χ4n) is 2.02. The van der Waals surface area contributed by atoms with Crippen LogP contribution in [0.3, 0.4) is 0 Å². The van der Waals surface area contributed by atoms with Gasteiger partial charge in [0.1, 0.15) is 5.75 Å². The van der Waals surface area contributed by atoms with Crippen molar-refractivity contribution >= 4 is 0 Å². The first-order valence-electron chi connectivity index (χ1n) is 5.86. The van der Waals surface area contributed by atoms with Crippen molar-refractivity contribution in [2.75, 3.05) is 13.2 Å². The number of aryl methyl sites for hydroxylation is 1. The van der Waals surface area contributed by atoms with Crippen LogP contribution in [0.2, 0.25) is 0 Å². The summed E-state index contributed by atoms with van der Waals surface area (Å²) in [6, 6.07) is 6.39. The SMILES string of the molecule is Cc1cccc(CNC2CCOCC2)c1O. The summed E-state index contributed by atoms with van der Waals surface area (Å²) < 4.78 is 5.31.